The van der Waals surface area contributed by atoms with Crippen LogP contribution in [-0.4, -0.2) is 32.4 Å². The lowest BCUT2D eigenvalue weighted by Gasteiger charge is -2.34. The zero-order chi connectivity index (χ0) is 15.5. The molecule has 1 aliphatic rings. The summed E-state index contributed by atoms with van der Waals surface area (Å²) in [6.07, 6.45) is 4.82. The summed E-state index contributed by atoms with van der Waals surface area (Å²) in [4.78, 5) is 0.186. The third-order valence-corrected chi connectivity index (χ3v) is 6.02. The van der Waals surface area contributed by atoms with Crippen molar-refractivity contribution < 1.29 is 13.2 Å². The van der Waals surface area contributed by atoms with Crippen LogP contribution >= 0.6 is 0 Å². The van der Waals surface area contributed by atoms with Gasteiger partial charge in [-0.25, -0.2) is 8.42 Å². The monoisotopic (exact) mass is 312 g/mol. The fourth-order valence-electron chi connectivity index (χ4n) is 2.93. The minimum Gasteiger partial charge on any atom is -0.497 e. The number of benzene rings is 1. The number of anilines is 1. The van der Waals surface area contributed by atoms with Gasteiger partial charge in [-0.15, -0.1) is 0 Å². The molecule has 2 rings (SSSR count). The molecule has 0 aromatic heterocycles. The second-order valence-electron chi connectivity index (χ2n) is 5.46. The highest BCUT2D eigenvalue weighted by Gasteiger charge is 2.34. The van der Waals surface area contributed by atoms with Crippen LogP contribution < -0.4 is 10.5 Å². The second kappa shape index (κ2) is 6.66. The van der Waals surface area contributed by atoms with Crippen LogP contribution in [0.1, 0.15) is 39.0 Å². The lowest BCUT2D eigenvalue weighted by Crippen LogP contribution is -2.43. The number of hydrogen-bond donors (Lipinski definition) is 1. The van der Waals surface area contributed by atoms with E-state index >= 15 is 0 Å². The maximum atomic E-state index is 12.9. The third kappa shape index (κ3) is 3.32. The molecule has 0 saturated carbocycles. The van der Waals surface area contributed by atoms with E-state index in [4.69, 9.17) is 10.5 Å². The van der Waals surface area contributed by atoms with Crippen LogP contribution in [0.4, 0.5) is 5.69 Å². The first-order chi connectivity index (χ1) is 10.0. The fourth-order valence-corrected chi connectivity index (χ4v) is 4.75. The van der Waals surface area contributed by atoms with Gasteiger partial charge in [-0.05, 0) is 31.4 Å². The Balaban J connectivity index is 2.35. The molecule has 0 bridgehead atoms. The van der Waals surface area contributed by atoms with Crippen LogP contribution in [0.15, 0.2) is 23.1 Å². The van der Waals surface area contributed by atoms with E-state index in [1.54, 1.807) is 22.5 Å². The van der Waals surface area contributed by atoms with Crippen molar-refractivity contribution >= 4 is 15.7 Å². The minimum absolute atomic E-state index is 0.0928. The van der Waals surface area contributed by atoms with E-state index in [1.807, 2.05) is 0 Å². The Morgan fingerprint density at radius 1 is 1.38 bits per heavy atom. The highest BCUT2D eigenvalue weighted by atomic mass is 32.2. The standard InChI is InChI=1S/C15H24N2O3S/c1-3-6-12-7-4-5-10-17(12)21(18,19)15-9-8-13(20-2)11-14(15)16/h8-9,11-12H,3-7,10,16H2,1-2H3. The van der Waals surface area contributed by atoms with Crippen LogP contribution in [0.2, 0.25) is 0 Å². The molecule has 6 heteroatoms. The van der Waals surface area contributed by atoms with Gasteiger partial charge in [0.25, 0.3) is 0 Å². The van der Waals surface area contributed by atoms with Crippen molar-refractivity contribution in [1.29, 1.82) is 0 Å². The third-order valence-electron chi connectivity index (χ3n) is 4.00. The van der Waals surface area contributed by atoms with E-state index in [9.17, 15) is 8.42 Å². The number of nitrogen functional groups attached to an aromatic ring is 1. The highest BCUT2D eigenvalue weighted by molar-refractivity contribution is 7.89. The lowest BCUT2D eigenvalue weighted by atomic mass is 10.0. The molecule has 1 saturated heterocycles. The molecule has 2 N–H and O–H groups in total. The molecule has 21 heavy (non-hydrogen) atoms. The van der Waals surface area contributed by atoms with Crippen LogP contribution in [0.25, 0.3) is 0 Å². The number of methoxy groups -OCH3 is 1. The molecule has 5 nitrogen and oxygen atoms in total. The van der Waals surface area contributed by atoms with E-state index in [0.717, 1.165) is 32.1 Å². The summed E-state index contributed by atoms with van der Waals surface area (Å²) in [6, 6.07) is 4.84. The summed E-state index contributed by atoms with van der Waals surface area (Å²) >= 11 is 0. The number of hydrogen-bond acceptors (Lipinski definition) is 4. The summed E-state index contributed by atoms with van der Waals surface area (Å²) in [5.41, 5.74) is 6.17. The summed E-state index contributed by atoms with van der Waals surface area (Å²) in [7, 11) is -2.00. The normalized spacial score (nSPS) is 20.4. The molecular formula is C15H24N2O3S. The number of sulfonamides is 1. The van der Waals surface area contributed by atoms with E-state index in [2.05, 4.69) is 6.92 Å². The maximum absolute atomic E-state index is 12.9. The molecular weight excluding hydrogens is 288 g/mol. The van der Waals surface area contributed by atoms with Crippen molar-refractivity contribution in [1.82, 2.24) is 4.31 Å². The topological polar surface area (TPSA) is 72.6 Å². The molecule has 0 radical (unpaired) electrons. The molecule has 118 valence electrons. The minimum atomic E-state index is -3.54. The van der Waals surface area contributed by atoms with Crippen LogP contribution in [0, 0.1) is 0 Å². The highest BCUT2D eigenvalue weighted by Crippen LogP contribution is 2.31. The SMILES string of the molecule is CCCC1CCCCN1S(=O)(=O)c1ccc(OC)cc1N. The van der Waals surface area contributed by atoms with Crippen molar-refractivity contribution in [2.24, 2.45) is 0 Å². The smallest absolute Gasteiger partial charge is 0.245 e. The molecule has 1 aromatic rings. The Kier molecular flexibility index (Phi) is 5.11. The summed E-state index contributed by atoms with van der Waals surface area (Å²) in [5.74, 6) is 0.565. The fraction of sp³-hybridized carbons (Fsp3) is 0.600. The van der Waals surface area contributed by atoms with Crippen LogP contribution in [0.3, 0.4) is 0 Å². The molecule has 0 spiro atoms. The van der Waals surface area contributed by atoms with E-state index < -0.39 is 10.0 Å². The molecule has 1 fully saturated rings. The number of nitrogens with zero attached hydrogens (tertiary/aromatic N) is 1. The second-order valence-corrected chi connectivity index (χ2v) is 7.32. The number of nitrogens with two attached hydrogens (primary N) is 1. The maximum Gasteiger partial charge on any atom is 0.245 e. The lowest BCUT2D eigenvalue weighted by molar-refractivity contribution is 0.239. The Labute approximate surface area is 127 Å². The Bertz CT molecular complexity index is 585. The molecule has 1 unspecified atom stereocenters. The zero-order valence-electron chi connectivity index (χ0n) is 12.7. The molecule has 1 aromatic carbocycles. The van der Waals surface area contributed by atoms with Crippen molar-refractivity contribution in [3.63, 3.8) is 0 Å². The van der Waals surface area contributed by atoms with E-state index in [0.29, 0.717) is 12.3 Å². The molecule has 0 aliphatic carbocycles. The van der Waals surface area contributed by atoms with Gasteiger partial charge in [-0.2, -0.15) is 4.31 Å². The molecule has 1 aliphatic heterocycles. The van der Waals surface area contributed by atoms with Crippen molar-refractivity contribution in [3.05, 3.63) is 18.2 Å². The van der Waals surface area contributed by atoms with Crippen molar-refractivity contribution in [2.45, 2.75) is 50.0 Å². The Morgan fingerprint density at radius 3 is 2.76 bits per heavy atom. The van der Waals surface area contributed by atoms with Gasteiger partial charge in [0.05, 0.1) is 12.8 Å². The largest absolute Gasteiger partial charge is 0.497 e. The number of rotatable bonds is 5. The number of ether oxygens (including phenoxy) is 1. The average molecular weight is 312 g/mol. The summed E-state index contributed by atoms with van der Waals surface area (Å²) in [5, 5.41) is 0. The van der Waals surface area contributed by atoms with Gasteiger partial charge < -0.3 is 10.5 Å². The molecule has 1 heterocycles. The van der Waals surface area contributed by atoms with E-state index in [-0.39, 0.29) is 16.6 Å². The molecule has 0 amide bonds. The van der Waals surface area contributed by atoms with Gasteiger partial charge >= 0.3 is 0 Å². The van der Waals surface area contributed by atoms with Crippen LogP contribution in [-0.2, 0) is 10.0 Å². The van der Waals surface area contributed by atoms with Gasteiger partial charge in [-0.1, -0.05) is 19.8 Å². The first-order valence-corrected chi connectivity index (χ1v) is 8.90. The van der Waals surface area contributed by atoms with Crippen LogP contribution in [0.5, 0.6) is 5.75 Å². The predicted octanol–water partition coefficient (Wildman–Crippen LogP) is 2.62. The Hall–Kier alpha value is -1.27. The number of piperidine rings is 1. The summed E-state index contributed by atoms with van der Waals surface area (Å²) in [6.45, 7) is 2.67. The predicted molar refractivity (Wildman–Crippen MR) is 83.8 cm³/mol. The summed E-state index contributed by atoms with van der Waals surface area (Å²) < 4.78 is 32.5. The van der Waals surface area contributed by atoms with Gasteiger partial charge in [0.2, 0.25) is 10.0 Å². The Morgan fingerprint density at radius 2 is 2.14 bits per heavy atom. The van der Waals surface area contributed by atoms with Gasteiger partial charge in [0.1, 0.15) is 10.6 Å². The first-order valence-electron chi connectivity index (χ1n) is 7.46. The van der Waals surface area contributed by atoms with Crippen molar-refractivity contribution in [2.75, 3.05) is 19.4 Å². The molecule has 1 atom stereocenters. The van der Waals surface area contributed by atoms with E-state index in [1.165, 1.54) is 7.11 Å². The zero-order valence-corrected chi connectivity index (χ0v) is 13.5. The van der Waals surface area contributed by atoms with Crippen molar-refractivity contribution in [3.8, 4) is 5.75 Å². The average Bonchev–Trinajstić information content (AvgIpc) is 2.47. The van der Waals surface area contributed by atoms with Gasteiger partial charge in [0, 0.05) is 18.7 Å². The van der Waals surface area contributed by atoms with Gasteiger partial charge in [0.15, 0.2) is 0 Å². The first kappa shape index (κ1) is 16.1. The van der Waals surface area contributed by atoms with Gasteiger partial charge in [-0.3, -0.25) is 0 Å². The quantitative estimate of drug-likeness (QED) is 0.848.